The van der Waals surface area contributed by atoms with Crippen molar-refractivity contribution in [2.75, 3.05) is 33.7 Å². The summed E-state index contributed by atoms with van der Waals surface area (Å²) in [7, 11) is 3.83. The van der Waals surface area contributed by atoms with Crippen LogP contribution in [0.25, 0.3) is 0 Å². The van der Waals surface area contributed by atoms with Gasteiger partial charge in [0.2, 0.25) is 5.91 Å². The molecule has 4 nitrogen and oxygen atoms in total. The van der Waals surface area contributed by atoms with Crippen molar-refractivity contribution in [1.29, 1.82) is 0 Å². The third-order valence-corrected chi connectivity index (χ3v) is 4.75. The molecule has 1 unspecified atom stereocenters. The molecule has 1 fully saturated rings. The van der Waals surface area contributed by atoms with Gasteiger partial charge in [-0.05, 0) is 56.8 Å². The van der Waals surface area contributed by atoms with Crippen LogP contribution in [0.5, 0.6) is 0 Å². The van der Waals surface area contributed by atoms with Gasteiger partial charge in [0.05, 0.1) is 6.54 Å². The lowest BCUT2D eigenvalue weighted by atomic mass is 9.93. The van der Waals surface area contributed by atoms with E-state index >= 15 is 0 Å². The third-order valence-electron chi connectivity index (χ3n) is 4.75. The zero-order chi connectivity index (χ0) is 18.5. The Hall–Kier alpha value is -2.27. The number of piperidine rings is 1. The van der Waals surface area contributed by atoms with Crippen LogP contribution in [-0.2, 0) is 11.2 Å². The van der Waals surface area contributed by atoms with Crippen LogP contribution in [0.4, 0.5) is 4.39 Å². The van der Waals surface area contributed by atoms with Crippen LogP contribution in [0.15, 0.2) is 42.5 Å². The van der Waals surface area contributed by atoms with Gasteiger partial charge in [-0.1, -0.05) is 18.2 Å². The molecule has 1 aromatic carbocycles. The van der Waals surface area contributed by atoms with Crippen LogP contribution in [0.3, 0.4) is 0 Å². The minimum Gasteiger partial charge on any atom is -0.341 e. The second-order valence-corrected chi connectivity index (χ2v) is 7.28. The van der Waals surface area contributed by atoms with Crippen molar-refractivity contribution in [2.24, 2.45) is 0 Å². The molecule has 5 heteroatoms. The summed E-state index contributed by atoms with van der Waals surface area (Å²) < 4.78 is 13.4. The quantitative estimate of drug-likeness (QED) is 0.827. The summed E-state index contributed by atoms with van der Waals surface area (Å²) in [4.78, 5) is 21.0. The highest BCUT2D eigenvalue weighted by atomic mass is 19.1. The van der Waals surface area contributed by atoms with Crippen molar-refractivity contribution in [2.45, 2.75) is 25.2 Å². The number of carbonyl (C=O) groups is 1. The van der Waals surface area contributed by atoms with Crippen LogP contribution < -0.4 is 0 Å². The number of amides is 1. The highest BCUT2D eigenvalue weighted by molar-refractivity contribution is 5.78. The van der Waals surface area contributed by atoms with Crippen LogP contribution in [0.2, 0.25) is 0 Å². The minimum absolute atomic E-state index is 0.176. The number of nitrogens with zero attached hydrogens (tertiary/aromatic N) is 3. The summed E-state index contributed by atoms with van der Waals surface area (Å²) in [6, 6.07) is 12.7. The summed E-state index contributed by atoms with van der Waals surface area (Å²) in [6.07, 6.45) is 2.66. The molecule has 1 amide bonds. The molecular weight excluding hydrogens is 329 g/mol. The maximum absolute atomic E-state index is 13.4. The topological polar surface area (TPSA) is 36.4 Å². The molecule has 26 heavy (non-hydrogen) atoms. The molecule has 0 spiro atoms. The standard InChI is InChI=1S/C21H26FN3O/c1-24(2)15-21(26)25-11-5-7-17(14-25)20-10-4-9-19(23-20)13-16-6-3-8-18(22)12-16/h3-4,6,8-10,12,17H,5,7,11,13-15H2,1-2H3. The lowest BCUT2D eigenvalue weighted by molar-refractivity contribution is -0.133. The molecule has 1 aromatic heterocycles. The van der Waals surface area contributed by atoms with E-state index in [1.54, 1.807) is 12.1 Å². The zero-order valence-corrected chi connectivity index (χ0v) is 15.5. The molecule has 3 rings (SSSR count). The minimum atomic E-state index is -0.221. The van der Waals surface area contributed by atoms with Gasteiger partial charge in [-0.2, -0.15) is 0 Å². The lowest BCUT2D eigenvalue weighted by Gasteiger charge is -2.33. The molecular formula is C21H26FN3O. The van der Waals surface area contributed by atoms with Gasteiger partial charge in [-0.25, -0.2) is 4.39 Å². The zero-order valence-electron chi connectivity index (χ0n) is 15.5. The Morgan fingerprint density at radius 3 is 2.85 bits per heavy atom. The molecule has 2 heterocycles. The fraction of sp³-hybridized carbons (Fsp3) is 0.429. The molecule has 1 aliphatic rings. The smallest absolute Gasteiger partial charge is 0.236 e. The van der Waals surface area contributed by atoms with Crippen molar-refractivity contribution >= 4 is 5.91 Å². The van der Waals surface area contributed by atoms with Gasteiger partial charge >= 0.3 is 0 Å². The molecule has 0 bridgehead atoms. The number of likely N-dealkylation sites (N-methyl/N-ethyl adjacent to an activating group) is 1. The van der Waals surface area contributed by atoms with Crippen molar-refractivity contribution in [3.05, 3.63) is 65.2 Å². The highest BCUT2D eigenvalue weighted by Gasteiger charge is 2.25. The highest BCUT2D eigenvalue weighted by Crippen LogP contribution is 2.26. The van der Waals surface area contributed by atoms with Crippen molar-refractivity contribution in [3.63, 3.8) is 0 Å². The molecule has 1 saturated heterocycles. The van der Waals surface area contributed by atoms with Crippen LogP contribution in [-0.4, -0.2) is 54.4 Å². The summed E-state index contributed by atoms with van der Waals surface area (Å²) in [5.41, 5.74) is 2.88. The molecule has 1 aliphatic heterocycles. The summed E-state index contributed by atoms with van der Waals surface area (Å²) >= 11 is 0. The normalized spacial score (nSPS) is 17.5. The fourth-order valence-electron chi connectivity index (χ4n) is 3.50. The molecule has 0 N–H and O–H groups in total. The average molecular weight is 355 g/mol. The van der Waals surface area contributed by atoms with E-state index < -0.39 is 0 Å². The SMILES string of the molecule is CN(C)CC(=O)N1CCCC(c2cccc(Cc3cccc(F)c3)n2)C1. The van der Waals surface area contributed by atoms with Gasteiger partial charge in [0.1, 0.15) is 5.82 Å². The number of aromatic nitrogens is 1. The predicted octanol–water partition coefficient (Wildman–Crippen LogP) is 3.08. The van der Waals surface area contributed by atoms with E-state index in [-0.39, 0.29) is 17.6 Å². The number of benzene rings is 1. The van der Waals surface area contributed by atoms with E-state index in [4.69, 9.17) is 4.98 Å². The monoisotopic (exact) mass is 355 g/mol. The number of hydrogen-bond acceptors (Lipinski definition) is 3. The average Bonchev–Trinajstić information content (AvgIpc) is 2.61. The lowest BCUT2D eigenvalue weighted by Crippen LogP contribution is -2.43. The second-order valence-electron chi connectivity index (χ2n) is 7.28. The number of hydrogen-bond donors (Lipinski definition) is 0. The Morgan fingerprint density at radius 1 is 1.27 bits per heavy atom. The molecule has 0 aliphatic carbocycles. The van der Waals surface area contributed by atoms with E-state index in [0.29, 0.717) is 13.0 Å². The van der Waals surface area contributed by atoms with Crippen molar-refractivity contribution < 1.29 is 9.18 Å². The predicted molar refractivity (Wildman–Crippen MR) is 101 cm³/mol. The second kappa shape index (κ2) is 8.41. The largest absolute Gasteiger partial charge is 0.341 e. The van der Waals surface area contributed by atoms with Gasteiger partial charge in [-0.15, -0.1) is 0 Å². The maximum atomic E-state index is 13.4. The summed E-state index contributed by atoms with van der Waals surface area (Å²) in [5, 5.41) is 0. The first-order chi connectivity index (χ1) is 12.5. The van der Waals surface area contributed by atoms with Crippen molar-refractivity contribution in [3.8, 4) is 0 Å². The summed E-state index contributed by atoms with van der Waals surface area (Å²) in [6.45, 7) is 2.00. The Bertz CT molecular complexity index is 762. The Morgan fingerprint density at radius 2 is 2.08 bits per heavy atom. The van der Waals surface area contributed by atoms with Gasteiger partial charge < -0.3 is 9.80 Å². The van der Waals surface area contributed by atoms with Crippen molar-refractivity contribution in [1.82, 2.24) is 14.8 Å². The van der Waals surface area contributed by atoms with E-state index in [1.165, 1.54) is 6.07 Å². The van der Waals surface area contributed by atoms with Gasteiger partial charge in [0, 0.05) is 36.8 Å². The van der Waals surface area contributed by atoms with Crippen LogP contribution in [0.1, 0.15) is 35.7 Å². The van der Waals surface area contributed by atoms with Crippen LogP contribution in [0, 0.1) is 5.82 Å². The number of pyridine rings is 1. The number of rotatable bonds is 5. The first-order valence-electron chi connectivity index (χ1n) is 9.14. The molecule has 0 saturated carbocycles. The van der Waals surface area contributed by atoms with E-state index in [2.05, 4.69) is 0 Å². The first kappa shape index (κ1) is 18.5. The van der Waals surface area contributed by atoms with E-state index in [1.807, 2.05) is 48.2 Å². The molecule has 2 aromatic rings. The first-order valence-corrected chi connectivity index (χ1v) is 9.14. The Kier molecular flexibility index (Phi) is 5.99. The van der Waals surface area contributed by atoms with Gasteiger partial charge in [-0.3, -0.25) is 9.78 Å². The fourth-order valence-corrected chi connectivity index (χ4v) is 3.50. The maximum Gasteiger partial charge on any atom is 0.236 e. The van der Waals surface area contributed by atoms with Gasteiger partial charge in [0.25, 0.3) is 0 Å². The number of halogens is 1. The summed E-state index contributed by atoms with van der Waals surface area (Å²) in [5.74, 6) is 0.221. The Labute approximate surface area is 154 Å². The third kappa shape index (κ3) is 4.88. The van der Waals surface area contributed by atoms with Crippen LogP contribution >= 0.6 is 0 Å². The number of likely N-dealkylation sites (tertiary alicyclic amines) is 1. The molecule has 1 atom stereocenters. The van der Waals surface area contributed by atoms with E-state index in [9.17, 15) is 9.18 Å². The van der Waals surface area contributed by atoms with Gasteiger partial charge in [0.15, 0.2) is 0 Å². The molecule has 0 radical (unpaired) electrons. The number of carbonyl (C=O) groups excluding carboxylic acids is 1. The molecule has 138 valence electrons. The van der Waals surface area contributed by atoms with E-state index in [0.717, 1.165) is 42.9 Å². The Balaban J connectivity index is 1.70.